The summed E-state index contributed by atoms with van der Waals surface area (Å²) in [6.07, 6.45) is 5.87. The summed E-state index contributed by atoms with van der Waals surface area (Å²) in [5.74, 6) is 0.0855. The van der Waals surface area contributed by atoms with Gasteiger partial charge in [0.25, 0.3) is 5.91 Å². The summed E-state index contributed by atoms with van der Waals surface area (Å²) in [7, 11) is 0. The van der Waals surface area contributed by atoms with Gasteiger partial charge in [-0.3, -0.25) is 4.79 Å². The van der Waals surface area contributed by atoms with Crippen LogP contribution in [0.2, 0.25) is 0 Å². The molecule has 1 aromatic heterocycles. The number of nitrogens with one attached hydrogen (secondary N) is 1. The number of fused-ring (bicyclic) bond motifs is 1. The van der Waals surface area contributed by atoms with Gasteiger partial charge in [-0.15, -0.1) is 11.3 Å². The lowest BCUT2D eigenvalue weighted by Crippen LogP contribution is -2.28. The molecule has 0 radical (unpaired) electrons. The topological polar surface area (TPSA) is 29.1 Å². The highest BCUT2D eigenvalue weighted by Crippen LogP contribution is 2.29. The van der Waals surface area contributed by atoms with E-state index in [4.69, 9.17) is 0 Å². The van der Waals surface area contributed by atoms with E-state index in [9.17, 15) is 4.79 Å². The van der Waals surface area contributed by atoms with Crippen LogP contribution in [-0.2, 0) is 12.8 Å². The van der Waals surface area contributed by atoms with E-state index in [1.54, 1.807) is 11.3 Å². The molecule has 2 rings (SSSR count). The van der Waals surface area contributed by atoms with Crippen molar-refractivity contribution < 1.29 is 4.79 Å². The summed E-state index contributed by atoms with van der Waals surface area (Å²) >= 11 is 5.20. The van der Waals surface area contributed by atoms with E-state index in [1.807, 2.05) is 0 Å². The molecule has 0 fully saturated rings. The van der Waals surface area contributed by atoms with E-state index in [-0.39, 0.29) is 5.91 Å². The third-order valence-electron chi connectivity index (χ3n) is 3.15. The SMILES string of the molecule is CCC(Br)CNC(=O)c1cc2c(s1)CCCC2. The van der Waals surface area contributed by atoms with Crippen molar-refractivity contribution in [2.75, 3.05) is 6.54 Å². The first kappa shape index (κ1) is 13.1. The Kier molecular flexibility index (Phi) is 4.62. The first-order valence-corrected chi connectivity index (χ1v) is 7.97. The number of hydrogen-bond donors (Lipinski definition) is 1. The van der Waals surface area contributed by atoms with Gasteiger partial charge < -0.3 is 5.32 Å². The van der Waals surface area contributed by atoms with Crippen molar-refractivity contribution in [1.82, 2.24) is 5.32 Å². The van der Waals surface area contributed by atoms with Gasteiger partial charge in [-0.1, -0.05) is 22.9 Å². The highest BCUT2D eigenvalue weighted by atomic mass is 79.9. The number of thiophene rings is 1. The molecule has 0 bridgehead atoms. The number of carbonyl (C=O) groups excluding carboxylic acids is 1. The number of hydrogen-bond acceptors (Lipinski definition) is 2. The Morgan fingerprint density at radius 2 is 2.29 bits per heavy atom. The number of rotatable bonds is 4. The van der Waals surface area contributed by atoms with Crippen LogP contribution in [-0.4, -0.2) is 17.3 Å². The molecular formula is C13H18BrNOS. The van der Waals surface area contributed by atoms with Gasteiger partial charge in [-0.05, 0) is 43.7 Å². The maximum Gasteiger partial charge on any atom is 0.261 e. The Hall–Kier alpha value is -0.350. The number of aryl methyl sites for hydroxylation is 2. The van der Waals surface area contributed by atoms with Crippen LogP contribution in [0.4, 0.5) is 0 Å². The molecule has 4 heteroatoms. The van der Waals surface area contributed by atoms with Gasteiger partial charge in [0.15, 0.2) is 0 Å². The fourth-order valence-electron chi connectivity index (χ4n) is 2.04. The summed E-state index contributed by atoms with van der Waals surface area (Å²) in [5.41, 5.74) is 1.40. The highest BCUT2D eigenvalue weighted by molar-refractivity contribution is 9.09. The normalized spacial score (nSPS) is 16.4. The zero-order chi connectivity index (χ0) is 12.3. The standard InChI is InChI=1S/C13H18BrNOS/c1-2-10(14)8-15-13(16)12-7-9-5-3-4-6-11(9)17-12/h7,10H,2-6,8H2,1H3,(H,15,16). The summed E-state index contributed by atoms with van der Waals surface area (Å²) in [6.45, 7) is 2.81. The minimum absolute atomic E-state index is 0.0855. The highest BCUT2D eigenvalue weighted by Gasteiger charge is 2.17. The Morgan fingerprint density at radius 3 is 3.00 bits per heavy atom. The average molecular weight is 316 g/mol. The molecule has 2 nitrogen and oxygen atoms in total. The minimum atomic E-state index is 0.0855. The van der Waals surface area contributed by atoms with E-state index < -0.39 is 0 Å². The second kappa shape index (κ2) is 6.01. The molecule has 1 N–H and O–H groups in total. The van der Waals surface area contributed by atoms with Crippen molar-refractivity contribution in [2.24, 2.45) is 0 Å². The Balaban J connectivity index is 1.97. The molecule has 0 spiro atoms. The third kappa shape index (κ3) is 3.32. The molecule has 1 atom stereocenters. The molecule has 17 heavy (non-hydrogen) atoms. The fraction of sp³-hybridized carbons (Fsp3) is 0.615. The van der Waals surface area contributed by atoms with Crippen molar-refractivity contribution in [3.8, 4) is 0 Å². The number of carbonyl (C=O) groups is 1. The van der Waals surface area contributed by atoms with Gasteiger partial charge in [0.2, 0.25) is 0 Å². The summed E-state index contributed by atoms with van der Waals surface area (Å²) in [6, 6.07) is 2.09. The van der Waals surface area contributed by atoms with Gasteiger partial charge >= 0.3 is 0 Å². The Labute approximate surface area is 115 Å². The van der Waals surface area contributed by atoms with Crippen LogP contribution in [0.3, 0.4) is 0 Å². The van der Waals surface area contributed by atoms with Crippen LogP contribution in [0.1, 0.15) is 46.3 Å². The van der Waals surface area contributed by atoms with Crippen molar-refractivity contribution in [2.45, 2.75) is 43.9 Å². The van der Waals surface area contributed by atoms with Crippen molar-refractivity contribution in [3.63, 3.8) is 0 Å². The van der Waals surface area contributed by atoms with Gasteiger partial charge in [0.1, 0.15) is 0 Å². The molecule has 1 aliphatic rings. The Morgan fingerprint density at radius 1 is 1.53 bits per heavy atom. The van der Waals surface area contributed by atoms with Crippen LogP contribution >= 0.6 is 27.3 Å². The molecule has 94 valence electrons. The second-order valence-corrected chi connectivity index (χ2v) is 6.91. The molecular weight excluding hydrogens is 298 g/mol. The predicted molar refractivity (Wildman–Crippen MR) is 76.3 cm³/mol. The molecule has 0 saturated heterocycles. The zero-order valence-electron chi connectivity index (χ0n) is 10.1. The largest absolute Gasteiger partial charge is 0.350 e. The van der Waals surface area contributed by atoms with E-state index in [0.29, 0.717) is 11.4 Å². The van der Waals surface area contributed by atoms with Crippen LogP contribution in [0.15, 0.2) is 6.07 Å². The van der Waals surface area contributed by atoms with E-state index in [0.717, 1.165) is 24.1 Å². The van der Waals surface area contributed by atoms with E-state index in [2.05, 4.69) is 34.2 Å². The van der Waals surface area contributed by atoms with Gasteiger partial charge in [-0.2, -0.15) is 0 Å². The maximum atomic E-state index is 12.0. The maximum absolute atomic E-state index is 12.0. The van der Waals surface area contributed by atoms with Crippen molar-refractivity contribution >= 4 is 33.2 Å². The molecule has 1 amide bonds. The van der Waals surface area contributed by atoms with Crippen molar-refractivity contribution in [1.29, 1.82) is 0 Å². The first-order valence-electron chi connectivity index (χ1n) is 6.24. The summed E-state index contributed by atoms with van der Waals surface area (Å²) in [5, 5.41) is 2.98. The average Bonchev–Trinajstić information content (AvgIpc) is 2.79. The van der Waals surface area contributed by atoms with Crippen LogP contribution in [0.5, 0.6) is 0 Å². The van der Waals surface area contributed by atoms with Crippen molar-refractivity contribution in [3.05, 3.63) is 21.4 Å². The molecule has 1 aromatic rings. The lowest BCUT2D eigenvalue weighted by molar-refractivity contribution is 0.0958. The molecule has 0 saturated carbocycles. The smallest absolute Gasteiger partial charge is 0.261 e. The van der Waals surface area contributed by atoms with Crippen LogP contribution < -0.4 is 5.32 Å². The second-order valence-electron chi connectivity index (χ2n) is 4.48. The monoisotopic (exact) mass is 315 g/mol. The molecule has 1 unspecified atom stereocenters. The lowest BCUT2D eigenvalue weighted by Gasteiger charge is -2.08. The van der Waals surface area contributed by atoms with E-state index in [1.165, 1.54) is 23.3 Å². The van der Waals surface area contributed by atoms with Crippen LogP contribution in [0.25, 0.3) is 0 Å². The summed E-state index contributed by atoms with van der Waals surface area (Å²) in [4.78, 5) is 14.6. The molecule has 0 aliphatic heterocycles. The minimum Gasteiger partial charge on any atom is -0.350 e. The molecule has 1 aliphatic carbocycles. The number of alkyl halides is 1. The number of amides is 1. The molecule has 0 aromatic carbocycles. The van der Waals surface area contributed by atoms with Gasteiger partial charge in [0.05, 0.1) is 4.88 Å². The van der Waals surface area contributed by atoms with E-state index >= 15 is 0 Å². The van der Waals surface area contributed by atoms with Gasteiger partial charge in [-0.25, -0.2) is 0 Å². The van der Waals surface area contributed by atoms with Gasteiger partial charge in [0, 0.05) is 16.2 Å². The Bertz CT molecular complexity index is 379. The zero-order valence-corrected chi connectivity index (χ0v) is 12.5. The summed E-state index contributed by atoms with van der Waals surface area (Å²) < 4.78 is 0. The quantitative estimate of drug-likeness (QED) is 0.846. The third-order valence-corrected chi connectivity index (χ3v) is 5.35. The number of halogens is 1. The first-order chi connectivity index (χ1) is 8.20. The lowest BCUT2D eigenvalue weighted by atomic mass is 9.99. The predicted octanol–water partition coefficient (Wildman–Crippen LogP) is 3.53. The fourth-order valence-corrected chi connectivity index (χ4v) is 3.37. The molecule has 1 heterocycles. The van der Waals surface area contributed by atoms with Crippen LogP contribution in [0, 0.1) is 0 Å².